The van der Waals surface area contributed by atoms with Crippen molar-refractivity contribution in [2.75, 3.05) is 0 Å². The monoisotopic (exact) mass is 469 g/mol. The van der Waals surface area contributed by atoms with Crippen LogP contribution in [0.25, 0.3) is 5.00 Å². The first-order valence-corrected chi connectivity index (χ1v) is 11.6. The van der Waals surface area contributed by atoms with Gasteiger partial charge >= 0.3 is 0 Å². The summed E-state index contributed by atoms with van der Waals surface area (Å²) in [5.74, 6) is 1.84. The largest absolute Gasteiger partial charge is 0.449 e. The molecule has 0 bridgehead atoms. The summed E-state index contributed by atoms with van der Waals surface area (Å²) in [7, 11) is 0. The Hall–Kier alpha value is -2.84. The minimum Gasteiger partial charge on any atom is -0.449 e. The molecule has 0 fully saturated rings. The van der Waals surface area contributed by atoms with Crippen LogP contribution in [0.2, 0.25) is 5.02 Å². The number of aliphatic imine (C=N–C) groups is 1. The third-order valence-electron chi connectivity index (χ3n) is 5.78. The SMILES string of the molecule is Cc1sc2c(c1C)C(c1ccc(Cl)c(F)c1)=NC(CCCc1ncco1)c1nnc(C)n1-2. The van der Waals surface area contributed by atoms with Crippen LogP contribution in [0.1, 0.15) is 58.0 Å². The van der Waals surface area contributed by atoms with Crippen LogP contribution in [-0.4, -0.2) is 25.5 Å². The molecule has 4 aromatic rings. The Balaban J connectivity index is 1.64. The van der Waals surface area contributed by atoms with Crippen LogP contribution >= 0.6 is 22.9 Å². The van der Waals surface area contributed by atoms with Crippen LogP contribution in [-0.2, 0) is 6.42 Å². The minimum absolute atomic E-state index is 0.0943. The third-order valence-corrected chi connectivity index (χ3v) is 7.28. The molecule has 3 aromatic heterocycles. The number of oxazole rings is 1. The van der Waals surface area contributed by atoms with E-state index in [2.05, 4.69) is 33.6 Å². The number of rotatable bonds is 5. The van der Waals surface area contributed by atoms with Crippen LogP contribution < -0.4 is 0 Å². The Morgan fingerprint density at radius 2 is 2.06 bits per heavy atom. The molecule has 0 saturated carbocycles. The molecule has 0 saturated heterocycles. The lowest BCUT2D eigenvalue weighted by Gasteiger charge is -2.12. The molecule has 0 amide bonds. The van der Waals surface area contributed by atoms with Crippen molar-refractivity contribution in [1.29, 1.82) is 0 Å². The van der Waals surface area contributed by atoms with Gasteiger partial charge < -0.3 is 4.42 Å². The van der Waals surface area contributed by atoms with Gasteiger partial charge in [-0.15, -0.1) is 21.5 Å². The maximum Gasteiger partial charge on any atom is 0.193 e. The summed E-state index contributed by atoms with van der Waals surface area (Å²) in [4.78, 5) is 10.5. The lowest BCUT2D eigenvalue weighted by molar-refractivity contribution is 0.471. The molecule has 164 valence electrons. The molecule has 4 heterocycles. The second-order valence-electron chi connectivity index (χ2n) is 7.84. The fourth-order valence-electron chi connectivity index (χ4n) is 4.05. The second-order valence-corrected chi connectivity index (χ2v) is 9.46. The van der Waals surface area contributed by atoms with Crippen molar-refractivity contribution in [3.63, 3.8) is 0 Å². The zero-order chi connectivity index (χ0) is 22.4. The highest BCUT2D eigenvalue weighted by molar-refractivity contribution is 7.15. The van der Waals surface area contributed by atoms with Crippen molar-refractivity contribution in [1.82, 2.24) is 19.7 Å². The predicted octanol–water partition coefficient (Wildman–Crippen LogP) is 5.95. The Kier molecular flexibility index (Phi) is 5.43. The van der Waals surface area contributed by atoms with Crippen molar-refractivity contribution in [3.8, 4) is 5.00 Å². The maximum atomic E-state index is 14.4. The molecular formula is C23H21ClFN5OS. The molecule has 1 aliphatic heterocycles. The molecule has 1 atom stereocenters. The molecule has 32 heavy (non-hydrogen) atoms. The van der Waals surface area contributed by atoms with Gasteiger partial charge in [0.1, 0.15) is 28.9 Å². The van der Waals surface area contributed by atoms with E-state index in [1.807, 2.05) is 13.0 Å². The van der Waals surface area contributed by atoms with Crippen LogP contribution in [0.15, 0.2) is 40.1 Å². The molecule has 0 aliphatic carbocycles. The van der Waals surface area contributed by atoms with Crippen molar-refractivity contribution < 1.29 is 8.81 Å². The van der Waals surface area contributed by atoms with Gasteiger partial charge in [0.2, 0.25) is 0 Å². The van der Waals surface area contributed by atoms with Gasteiger partial charge in [-0.25, -0.2) is 9.37 Å². The van der Waals surface area contributed by atoms with E-state index >= 15 is 0 Å². The normalized spacial score (nSPS) is 15.3. The quantitative estimate of drug-likeness (QED) is 0.362. The number of hydrogen-bond acceptors (Lipinski definition) is 6. The Morgan fingerprint density at radius 1 is 1.22 bits per heavy atom. The summed E-state index contributed by atoms with van der Waals surface area (Å²) in [6, 6.07) is 4.62. The number of hydrogen-bond donors (Lipinski definition) is 0. The minimum atomic E-state index is -0.460. The fraction of sp³-hybridized carbons (Fsp3) is 0.304. The Morgan fingerprint density at radius 3 is 2.81 bits per heavy atom. The highest BCUT2D eigenvalue weighted by atomic mass is 35.5. The van der Waals surface area contributed by atoms with Gasteiger partial charge in [-0.2, -0.15) is 0 Å². The summed E-state index contributed by atoms with van der Waals surface area (Å²) in [5, 5.41) is 9.95. The predicted molar refractivity (Wildman–Crippen MR) is 123 cm³/mol. The van der Waals surface area contributed by atoms with Crippen LogP contribution in [0.5, 0.6) is 0 Å². The lowest BCUT2D eigenvalue weighted by Crippen LogP contribution is -2.08. The van der Waals surface area contributed by atoms with Gasteiger partial charge in [-0.3, -0.25) is 9.56 Å². The van der Waals surface area contributed by atoms with Crippen molar-refractivity contribution in [2.24, 2.45) is 4.99 Å². The average Bonchev–Trinajstić information content (AvgIpc) is 3.46. The van der Waals surface area contributed by atoms with Crippen LogP contribution in [0.4, 0.5) is 4.39 Å². The summed E-state index contributed by atoms with van der Waals surface area (Å²) >= 11 is 7.64. The summed E-state index contributed by atoms with van der Waals surface area (Å²) < 4.78 is 21.9. The topological polar surface area (TPSA) is 69.1 Å². The summed E-state index contributed by atoms with van der Waals surface area (Å²) in [5.41, 5.74) is 3.57. The van der Waals surface area contributed by atoms with Crippen molar-refractivity contribution >= 4 is 28.6 Å². The van der Waals surface area contributed by atoms with E-state index in [9.17, 15) is 4.39 Å². The van der Waals surface area contributed by atoms with E-state index < -0.39 is 5.82 Å². The van der Waals surface area contributed by atoms with Crippen LogP contribution in [0.3, 0.4) is 0 Å². The van der Waals surface area contributed by atoms with Gasteiger partial charge in [-0.1, -0.05) is 17.7 Å². The number of aryl methyl sites for hydroxylation is 3. The van der Waals surface area contributed by atoms with E-state index in [4.69, 9.17) is 21.0 Å². The van der Waals surface area contributed by atoms with E-state index in [0.717, 1.165) is 46.3 Å². The number of nitrogens with zero attached hydrogens (tertiary/aromatic N) is 5. The van der Waals surface area contributed by atoms with Crippen LogP contribution in [0, 0.1) is 26.6 Å². The van der Waals surface area contributed by atoms with Gasteiger partial charge in [0.05, 0.1) is 16.9 Å². The summed E-state index contributed by atoms with van der Waals surface area (Å²) in [6.45, 7) is 6.11. The molecular weight excluding hydrogens is 449 g/mol. The van der Waals surface area contributed by atoms with Gasteiger partial charge in [0.15, 0.2) is 11.7 Å². The van der Waals surface area contributed by atoms with E-state index in [0.29, 0.717) is 17.9 Å². The number of fused-ring (bicyclic) bond motifs is 3. The highest BCUT2D eigenvalue weighted by Crippen LogP contribution is 2.40. The van der Waals surface area contributed by atoms with Gasteiger partial charge in [-0.05, 0) is 51.3 Å². The number of benzene rings is 1. The first kappa shape index (κ1) is 21.0. The third kappa shape index (κ3) is 3.57. The zero-order valence-corrected chi connectivity index (χ0v) is 19.5. The lowest BCUT2D eigenvalue weighted by atomic mass is 9.99. The Bertz CT molecular complexity index is 1320. The Labute approximate surface area is 193 Å². The van der Waals surface area contributed by atoms with E-state index in [-0.39, 0.29) is 11.1 Å². The fourth-order valence-corrected chi connectivity index (χ4v) is 5.38. The molecule has 0 spiro atoms. The van der Waals surface area contributed by atoms with Gasteiger partial charge in [0.25, 0.3) is 0 Å². The molecule has 1 aliphatic rings. The number of thiophene rings is 1. The molecule has 5 rings (SSSR count). The first-order valence-electron chi connectivity index (χ1n) is 10.4. The molecule has 1 unspecified atom stereocenters. The first-order chi connectivity index (χ1) is 15.4. The smallest absolute Gasteiger partial charge is 0.193 e. The molecule has 0 radical (unpaired) electrons. The molecule has 1 aromatic carbocycles. The molecule has 0 N–H and O–H groups in total. The maximum absolute atomic E-state index is 14.4. The highest BCUT2D eigenvalue weighted by Gasteiger charge is 2.31. The second kappa shape index (κ2) is 8.26. The average molecular weight is 470 g/mol. The molecule has 9 heteroatoms. The van der Waals surface area contributed by atoms with E-state index in [1.165, 1.54) is 10.9 Å². The number of halogens is 2. The standard InChI is InChI=1S/C23H21ClFN5OS/c1-12-13(2)32-23-20(12)21(15-7-8-16(24)17(25)11-15)27-18(22-29-28-14(3)30(22)23)5-4-6-19-26-9-10-31-19/h7-11,18H,4-6H2,1-3H3. The zero-order valence-electron chi connectivity index (χ0n) is 17.9. The van der Waals surface area contributed by atoms with Gasteiger partial charge in [0, 0.05) is 22.4 Å². The summed E-state index contributed by atoms with van der Waals surface area (Å²) in [6.07, 6.45) is 5.48. The molecule has 6 nitrogen and oxygen atoms in total. The number of aromatic nitrogens is 4. The van der Waals surface area contributed by atoms with Crippen molar-refractivity contribution in [3.05, 3.63) is 80.6 Å². The van der Waals surface area contributed by atoms with Crippen molar-refractivity contribution in [2.45, 2.75) is 46.1 Å². The van der Waals surface area contributed by atoms with E-state index in [1.54, 1.807) is 29.9 Å².